The molecule has 1 atom stereocenters. The normalized spacial score (nSPS) is 11.4. The van der Waals surface area contributed by atoms with Gasteiger partial charge in [0.25, 0.3) is 0 Å². The number of carbonyl (C=O) groups excluding carboxylic acids is 3. The van der Waals surface area contributed by atoms with Crippen LogP contribution in [0.15, 0.2) is 60.7 Å². The molecule has 0 spiro atoms. The third-order valence-corrected chi connectivity index (χ3v) is 6.84. The predicted octanol–water partition coefficient (Wildman–Crippen LogP) is 5.91. The second kappa shape index (κ2) is 19.2. The fourth-order valence-corrected chi connectivity index (χ4v) is 4.58. The molecule has 0 fully saturated rings. The van der Waals surface area contributed by atoms with Crippen LogP contribution in [0.3, 0.4) is 0 Å². The van der Waals surface area contributed by atoms with E-state index in [1.54, 1.807) is 12.1 Å². The van der Waals surface area contributed by atoms with E-state index in [4.69, 9.17) is 4.74 Å². The van der Waals surface area contributed by atoms with Crippen LogP contribution in [0.4, 0.5) is 10.5 Å². The van der Waals surface area contributed by atoms with Crippen molar-refractivity contribution in [3.63, 3.8) is 0 Å². The summed E-state index contributed by atoms with van der Waals surface area (Å²) in [7, 11) is 0. The molecule has 0 radical (unpaired) electrons. The summed E-state index contributed by atoms with van der Waals surface area (Å²) in [4.78, 5) is 37.3. The minimum absolute atomic E-state index is 0.0649. The Labute approximate surface area is 225 Å². The van der Waals surface area contributed by atoms with E-state index in [2.05, 4.69) is 22.9 Å². The smallest absolute Gasteiger partial charge is 0.408 e. The molecule has 0 aromatic heterocycles. The summed E-state index contributed by atoms with van der Waals surface area (Å²) in [6.45, 7) is 3.06. The maximum Gasteiger partial charge on any atom is 0.408 e. The van der Waals surface area contributed by atoms with Crippen LogP contribution in [-0.4, -0.2) is 42.0 Å². The average molecular weight is 528 g/mol. The number of hydrogen-bond donors (Lipinski definition) is 3. The van der Waals surface area contributed by atoms with Gasteiger partial charge in [-0.3, -0.25) is 9.59 Å². The summed E-state index contributed by atoms with van der Waals surface area (Å²) in [5.41, 5.74) is 1.52. The standard InChI is InChI=1S/C29H41N3O4S/c1-2-3-4-5-6-13-20-30-27(33)19-14-21-37-23-26(28(34)31-25-17-11-8-12-18-25)32-29(35)36-22-24-15-9-7-10-16-24/h7-12,15-18,26H,2-6,13-14,19-23H2,1H3,(H,30,33)(H,31,34)(H,32,35)/t26-/m0/s1. The molecule has 0 aliphatic carbocycles. The van der Waals surface area contributed by atoms with E-state index in [-0.39, 0.29) is 18.4 Å². The second-order valence-corrected chi connectivity index (χ2v) is 10.1. The molecule has 0 saturated heterocycles. The van der Waals surface area contributed by atoms with E-state index in [0.29, 0.717) is 30.0 Å². The Hall–Kier alpha value is -3.00. The van der Waals surface area contributed by atoms with Gasteiger partial charge in [0.05, 0.1) is 0 Å². The number of rotatable bonds is 18. The van der Waals surface area contributed by atoms with Gasteiger partial charge in [-0.2, -0.15) is 11.8 Å². The molecule has 0 unspecified atom stereocenters. The summed E-state index contributed by atoms with van der Waals surface area (Å²) in [5, 5.41) is 8.51. The molecule has 0 bridgehead atoms. The average Bonchev–Trinajstić information content (AvgIpc) is 2.91. The Kier molecular flexibility index (Phi) is 15.6. The third kappa shape index (κ3) is 14.4. The lowest BCUT2D eigenvalue weighted by Gasteiger charge is -2.18. The van der Waals surface area contributed by atoms with E-state index >= 15 is 0 Å². The third-order valence-electron chi connectivity index (χ3n) is 5.69. The van der Waals surface area contributed by atoms with Gasteiger partial charge in [0.2, 0.25) is 11.8 Å². The molecule has 0 aliphatic rings. The summed E-state index contributed by atoms with van der Waals surface area (Å²) < 4.78 is 5.30. The van der Waals surface area contributed by atoms with Crippen LogP contribution < -0.4 is 16.0 Å². The minimum Gasteiger partial charge on any atom is -0.445 e. The Morgan fingerprint density at radius 1 is 0.865 bits per heavy atom. The summed E-state index contributed by atoms with van der Waals surface area (Å²) in [6.07, 6.45) is 7.71. The number of para-hydroxylation sites is 1. The summed E-state index contributed by atoms with van der Waals surface area (Å²) >= 11 is 1.53. The van der Waals surface area contributed by atoms with Crippen molar-refractivity contribution in [2.45, 2.75) is 70.9 Å². The van der Waals surface area contributed by atoms with E-state index in [1.165, 1.54) is 37.4 Å². The SMILES string of the molecule is CCCCCCCCNC(=O)CCCSC[C@H](NC(=O)OCc1ccccc1)C(=O)Nc1ccccc1. The molecule has 8 heteroatoms. The van der Waals surface area contributed by atoms with Crippen LogP contribution in [-0.2, 0) is 20.9 Å². The van der Waals surface area contributed by atoms with Crippen LogP contribution in [0.1, 0.15) is 63.9 Å². The van der Waals surface area contributed by atoms with Crippen LogP contribution >= 0.6 is 11.8 Å². The molecule has 3 N–H and O–H groups in total. The van der Waals surface area contributed by atoms with Crippen molar-refractivity contribution in [2.75, 3.05) is 23.4 Å². The molecule has 0 aliphatic heterocycles. The number of unbranched alkanes of at least 4 members (excludes halogenated alkanes) is 5. The van der Waals surface area contributed by atoms with Gasteiger partial charge in [0.15, 0.2) is 0 Å². The zero-order valence-corrected chi connectivity index (χ0v) is 22.7. The van der Waals surface area contributed by atoms with Gasteiger partial charge in [-0.1, -0.05) is 87.6 Å². The number of ether oxygens (including phenoxy) is 1. The maximum atomic E-state index is 12.9. The van der Waals surface area contributed by atoms with Crippen molar-refractivity contribution >= 4 is 35.4 Å². The van der Waals surface area contributed by atoms with Crippen molar-refractivity contribution in [1.29, 1.82) is 0 Å². The molecule has 202 valence electrons. The second-order valence-electron chi connectivity index (χ2n) is 8.91. The molecule has 37 heavy (non-hydrogen) atoms. The molecule has 2 rings (SSSR count). The molecule has 7 nitrogen and oxygen atoms in total. The molecule has 0 saturated carbocycles. The Bertz CT molecular complexity index is 912. The number of thioether (sulfide) groups is 1. The largest absolute Gasteiger partial charge is 0.445 e. The van der Waals surface area contributed by atoms with Crippen molar-refractivity contribution < 1.29 is 19.1 Å². The topological polar surface area (TPSA) is 96.5 Å². The number of anilines is 1. The fourth-order valence-electron chi connectivity index (χ4n) is 3.60. The van der Waals surface area contributed by atoms with Gasteiger partial charge in [-0.05, 0) is 36.3 Å². The van der Waals surface area contributed by atoms with E-state index in [9.17, 15) is 14.4 Å². The highest BCUT2D eigenvalue weighted by Gasteiger charge is 2.22. The molecular formula is C29H41N3O4S. The lowest BCUT2D eigenvalue weighted by Crippen LogP contribution is -2.45. The number of amides is 3. The van der Waals surface area contributed by atoms with Crippen molar-refractivity contribution in [1.82, 2.24) is 10.6 Å². The van der Waals surface area contributed by atoms with Crippen LogP contribution in [0.2, 0.25) is 0 Å². The van der Waals surface area contributed by atoms with E-state index in [0.717, 1.165) is 24.9 Å². The highest BCUT2D eigenvalue weighted by atomic mass is 32.2. The number of benzene rings is 2. The van der Waals surface area contributed by atoms with Crippen molar-refractivity contribution in [2.24, 2.45) is 0 Å². The predicted molar refractivity (Wildman–Crippen MR) is 152 cm³/mol. The van der Waals surface area contributed by atoms with Gasteiger partial charge in [0.1, 0.15) is 12.6 Å². The highest BCUT2D eigenvalue weighted by molar-refractivity contribution is 7.99. The first-order valence-corrected chi connectivity index (χ1v) is 14.4. The van der Waals surface area contributed by atoms with Crippen LogP contribution in [0, 0.1) is 0 Å². The Morgan fingerprint density at radius 3 is 2.27 bits per heavy atom. The van der Waals surface area contributed by atoms with Gasteiger partial charge in [-0.15, -0.1) is 0 Å². The van der Waals surface area contributed by atoms with Gasteiger partial charge >= 0.3 is 6.09 Å². The first kappa shape index (κ1) is 30.2. The molecule has 2 aromatic carbocycles. The minimum atomic E-state index is -0.769. The number of carbonyl (C=O) groups is 3. The monoisotopic (exact) mass is 527 g/mol. The fraction of sp³-hybridized carbons (Fsp3) is 0.483. The zero-order valence-electron chi connectivity index (χ0n) is 21.9. The number of hydrogen-bond acceptors (Lipinski definition) is 5. The van der Waals surface area contributed by atoms with E-state index < -0.39 is 12.1 Å². The Morgan fingerprint density at radius 2 is 1.54 bits per heavy atom. The van der Waals surface area contributed by atoms with Gasteiger partial charge in [0, 0.05) is 24.4 Å². The lowest BCUT2D eigenvalue weighted by atomic mass is 10.1. The first-order valence-electron chi connectivity index (χ1n) is 13.3. The number of nitrogens with one attached hydrogen (secondary N) is 3. The molecule has 0 heterocycles. The molecular weight excluding hydrogens is 486 g/mol. The lowest BCUT2D eigenvalue weighted by molar-refractivity contribution is -0.121. The van der Waals surface area contributed by atoms with Crippen LogP contribution in [0.25, 0.3) is 0 Å². The highest BCUT2D eigenvalue weighted by Crippen LogP contribution is 2.11. The van der Waals surface area contributed by atoms with E-state index in [1.807, 2.05) is 48.5 Å². The molecule has 3 amide bonds. The Balaban J connectivity index is 1.71. The quantitative estimate of drug-likeness (QED) is 0.209. The summed E-state index contributed by atoms with van der Waals surface area (Å²) in [6, 6.07) is 17.7. The first-order chi connectivity index (χ1) is 18.1. The van der Waals surface area contributed by atoms with Crippen LogP contribution in [0.5, 0.6) is 0 Å². The zero-order chi connectivity index (χ0) is 26.6. The number of alkyl carbamates (subject to hydrolysis) is 1. The van der Waals surface area contributed by atoms with Crippen molar-refractivity contribution in [3.05, 3.63) is 66.2 Å². The summed E-state index contributed by atoms with van der Waals surface area (Å²) in [5.74, 6) is 0.834. The maximum absolute atomic E-state index is 12.9. The molecule has 2 aromatic rings. The van der Waals surface area contributed by atoms with Crippen molar-refractivity contribution in [3.8, 4) is 0 Å². The van der Waals surface area contributed by atoms with Gasteiger partial charge < -0.3 is 20.7 Å². The van der Waals surface area contributed by atoms with Gasteiger partial charge in [-0.25, -0.2) is 4.79 Å².